The van der Waals surface area contributed by atoms with Crippen molar-refractivity contribution in [1.82, 2.24) is 9.80 Å². The highest BCUT2D eigenvalue weighted by molar-refractivity contribution is 7.17. The third-order valence-corrected chi connectivity index (χ3v) is 6.02. The van der Waals surface area contributed by atoms with Crippen molar-refractivity contribution < 1.29 is 9.53 Å². The molecule has 1 aliphatic heterocycles. The number of likely N-dealkylation sites (N-methyl/N-ethyl adjacent to an activating group) is 1. The number of nitrogens with two attached hydrogens (primary N) is 1. The topological polar surface area (TPSA) is 58.8 Å². The quantitative estimate of drug-likeness (QED) is 0.816. The summed E-state index contributed by atoms with van der Waals surface area (Å²) in [7, 11) is 3.56. The summed E-state index contributed by atoms with van der Waals surface area (Å²) in [6, 6.07) is 8.40. The zero-order valence-corrected chi connectivity index (χ0v) is 16.6. The van der Waals surface area contributed by atoms with E-state index in [1.807, 2.05) is 0 Å². The summed E-state index contributed by atoms with van der Waals surface area (Å²) in [5.74, 6) is -0.363. The molecule has 5 nitrogen and oxygen atoms in total. The standard InChI is InChI=1S/C20H27N3O2S/c1-4-14-5-7-15(8-6-14)17-16(13-23-11-9-22(2)10-12-23)26-19(21)18(17)20(24)25-3/h5-8H,4,9-13,21H2,1-3H3. The average molecular weight is 374 g/mol. The van der Waals surface area contributed by atoms with E-state index in [-0.39, 0.29) is 5.97 Å². The lowest BCUT2D eigenvalue weighted by atomic mass is 9.99. The summed E-state index contributed by atoms with van der Waals surface area (Å²) in [6.07, 6.45) is 0.990. The van der Waals surface area contributed by atoms with Crippen molar-refractivity contribution in [2.75, 3.05) is 46.1 Å². The van der Waals surface area contributed by atoms with E-state index in [1.54, 1.807) is 0 Å². The van der Waals surface area contributed by atoms with Crippen LogP contribution < -0.4 is 5.73 Å². The summed E-state index contributed by atoms with van der Waals surface area (Å²) in [5.41, 5.74) is 9.97. The molecule has 2 heterocycles. The van der Waals surface area contributed by atoms with Crippen molar-refractivity contribution >= 4 is 22.3 Å². The number of anilines is 1. The predicted octanol–water partition coefficient (Wildman–Crippen LogP) is 3.09. The maximum atomic E-state index is 12.4. The Labute approximate surface area is 159 Å². The number of esters is 1. The number of rotatable bonds is 5. The fourth-order valence-electron chi connectivity index (χ4n) is 3.33. The van der Waals surface area contributed by atoms with Gasteiger partial charge in [-0.25, -0.2) is 4.79 Å². The molecule has 140 valence electrons. The number of ether oxygens (including phenoxy) is 1. The lowest BCUT2D eigenvalue weighted by molar-refractivity contribution is 0.0603. The fraction of sp³-hybridized carbons (Fsp3) is 0.450. The zero-order chi connectivity index (χ0) is 18.7. The second kappa shape index (κ2) is 8.20. The number of thiophene rings is 1. The monoisotopic (exact) mass is 373 g/mol. The van der Waals surface area contributed by atoms with Gasteiger partial charge in [-0.1, -0.05) is 31.2 Å². The van der Waals surface area contributed by atoms with E-state index in [0.717, 1.165) is 55.1 Å². The molecule has 0 radical (unpaired) electrons. The van der Waals surface area contributed by atoms with Crippen LogP contribution in [-0.4, -0.2) is 56.1 Å². The molecule has 3 rings (SSSR count). The van der Waals surface area contributed by atoms with Crippen LogP contribution >= 0.6 is 11.3 Å². The number of hydrogen-bond acceptors (Lipinski definition) is 6. The summed E-state index contributed by atoms with van der Waals surface area (Å²) >= 11 is 1.51. The minimum atomic E-state index is -0.363. The Bertz CT molecular complexity index is 762. The molecular formula is C20H27N3O2S. The van der Waals surface area contributed by atoms with E-state index in [1.165, 1.54) is 24.0 Å². The third-order valence-electron chi connectivity index (χ3n) is 5.01. The van der Waals surface area contributed by atoms with E-state index in [9.17, 15) is 4.79 Å². The van der Waals surface area contributed by atoms with Crippen LogP contribution in [0.4, 0.5) is 5.00 Å². The van der Waals surface area contributed by atoms with Crippen LogP contribution in [0.15, 0.2) is 24.3 Å². The van der Waals surface area contributed by atoms with Crippen molar-refractivity contribution in [1.29, 1.82) is 0 Å². The van der Waals surface area contributed by atoms with Gasteiger partial charge in [0.2, 0.25) is 0 Å². The molecule has 0 atom stereocenters. The molecule has 1 aliphatic rings. The van der Waals surface area contributed by atoms with E-state index in [4.69, 9.17) is 10.5 Å². The van der Waals surface area contributed by atoms with Gasteiger partial charge in [0.15, 0.2) is 0 Å². The van der Waals surface area contributed by atoms with Crippen LogP contribution in [0.3, 0.4) is 0 Å². The van der Waals surface area contributed by atoms with Crippen molar-refractivity contribution in [3.63, 3.8) is 0 Å². The van der Waals surface area contributed by atoms with Gasteiger partial charge in [-0.15, -0.1) is 11.3 Å². The second-order valence-electron chi connectivity index (χ2n) is 6.76. The molecule has 26 heavy (non-hydrogen) atoms. The molecule has 6 heteroatoms. The van der Waals surface area contributed by atoms with Gasteiger partial charge in [0.1, 0.15) is 10.6 Å². The van der Waals surface area contributed by atoms with Gasteiger partial charge in [0.05, 0.1) is 7.11 Å². The van der Waals surface area contributed by atoms with Crippen LogP contribution in [0.25, 0.3) is 11.1 Å². The van der Waals surface area contributed by atoms with E-state index in [2.05, 4.69) is 48.0 Å². The maximum Gasteiger partial charge on any atom is 0.341 e. The van der Waals surface area contributed by atoms with Gasteiger partial charge in [-0.2, -0.15) is 0 Å². The number of nitrogens with zero attached hydrogens (tertiary/aromatic N) is 2. The number of hydrogen-bond donors (Lipinski definition) is 1. The molecule has 0 bridgehead atoms. The normalized spacial score (nSPS) is 16.0. The number of nitrogen functional groups attached to an aromatic ring is 1. The van der Waals surface area contributed by atoms with Gasteiger partial charge in [-0.3, -0.25) is 4.90 Å². The first-order valence-corrected chi connectivity index (χ1v) is 9.84. The molecule has 2 N–H and O–H groups in total. The largest absolute Gasteiger partial charge is 0.465 e. The Morgan fingerprint density at radius 1 is 1.19 bits per heavy atom. The molecular weight excluding hydrogens is 346 g/mol. The lowest BCUT2D eigenvalue weighted by Gasteiger charge is -2.32. The Balaban J connectivity index is 1.99. The highest BCUT2D eigenvalue weighted by Crippen LogP contribution is 2.40. The SMILES string of the molecule is CCc1ccc(-c2c(CN3CCN(C)CC3)sc(N)c2C(=O)OC)cc1. The first kappa shape index (κ1) is 18.9. The van der Waals surface area contributed by atoms with Crippen molar-refractivity contribution in [3.05, 3.63) is 40.3 Å². The minimum absolute atomic E-state index is 0.363. The first-order valence-electron chi connectivity index (χ1n) is 9.03. The van der Waals surface area contributed by atoms with Crippen LogP contribution in [0.5, 0.6) is 0 Å². The molecule has 0 amide bonds. The summed E-state index contributed by atoms with van der Waals surface area (Å²) in [5, 5.41) is 0.538. The average Bonchev–Trinajstić information content (AvgIpc) is 2.98. The van der Waals surface area contributed by atoms with Gasteiger partial charge >= 0.3 is 5.97 Å². The van der Waals surface area contributed by atoms with Gasteiger partial charge in [0.25, 0.3) is 0 Å². The smallest absolute Gasteiger partial charge is 0.341 e. The predicted molar refractivity (Wildman–Crippen MR) is 108 cm³/mol. The summed E-state index contributed by atoms with van der Waals surface area (Å²) in [4.78, 5) is 18.3. The fourth-order valence-corrected chi connectivity index (χ4v) is 4.46. The number of piperazine rings is 1. The number of benzene rings is 1. The Hall–Kier alpha value is -1.89. The molecule has 2 aromatic rings. The number of carbonyl (C=O) groups excluding carboxylic acids is 1. The van der Waals surface area contributed by atoms with Gasteiger partial charge in [-0.05, 0) is 24.6 Å². The second-order valence-corrected chi connectivity index (χ2v) is 7.90. The molecule has 0 saturated carbocycles. The zero-order valence-electron chi connectivity index (χ0n) is 15.7. The Kier molecular flexibility index (Phi) is 5.96. The van der Waals surface area contributed by atoms with Gasteiger partial charge in [0, 0.05) is 43.2 Å². The van der Waals surface area contributed by atoms with E-state index in [0.29, 0.717) is 10.6 Å². The Morgan fingerprint density at radius 3 is 2.42 bits per heavy atom. The van der Waals surface area contributed by atoms with Crippen molar-refractivity contribution in [2.24, 2.45) is 0 Å². The molecule has 0 aliphatic carbocycles. The molecule has 1 fully saturated rings. The summed E-state index contributed by atoms with van der Waals surface area (Å²) < 4.78 is 5.01. The minimum Gasteiger partial charge on any atom is -0.465 e. The van der Waals surface area contributed by atoms with Gasteiger partial charge < -0.3 is 15.4 Å². The summed E-state index contributed by atoms with van der Waals surface area (Å²) in [6.45, 7) is 7.11. The Morgan fingerprint density at radius 2 is 1.85 bits per heavy atom. The van der Waals surface area contributed by atoms with Crippen molar-refractivity contribution in [3.8, 4) is 11.1 Å². The lowest BCUT2D eigenvalue weighted by Crippen LogP contribution is -2.43. The third kappa shape index (κ3) is 3.92. The molecule has 1 aromatic heterocycles. The molecule has 1 saturated heterocycles. The highest BCUT2D eigenvalue weighted by Gasteiger charge is 2.26. The first-order chi connectivity index (χ1) is 12.5. The number of carbonyl (C=O) groups is 1. The van der Waals surface area contributed by atoms with E-state index >= 15 is 0 Å². The van der Waals surface area contributed by atoms with E-state index < -0.39 is 0 Å². The molecule has 0 spiro atoms. The molecule has 1 aromatic carbocycles. The highest BCUT2D eigenvalue weighted by atomic mass is 32.1. The van der Waals surface area contributed by atoms with Crippen LogP contribution in [0.2, 0.25) is 0 Å². The van der Waals surface area contributed by atoms with Crippen LogP contribution in [-0.2, 0) is 17.7 Å². The number of aryl methyl sites for hydroxylation is 1. The van der Waals surface area contributed by atoms with Crippen LogP contribution in [0.1, 0.15) is 27.7 Å². The number of methoxy groups -OCH3 is 1. The van der Waals surface area contributed by atoms with Crippen LogP contribution in [0, 0.1) is 0 Å². The molecule has 0 unspecified atom stereocenters. The maximum absolute atomic E-state index is 12.4. The van der Waals surface area contributed by atoms with Crippen molar-refractivity contribution in [2.45, 2.75) is 19.9 Å².